The minimum absolute atomic E-state index is 0.0193. The molecule has 0 bridgehead atoms. The minimum atomic E-state index is -7.22. The molecule has 336 valence electrons. The van der Waals surface area contributed by atoms with Crippen molar-refractivity contribution >= 4 is 39.6 Å². The highest BCUT2D eigenvalue weighted by Gasteiger charge is 2.52. The third-order valence-electron chi connectivity index (χ3n) is 9.30. The lowest BCUT2D eigenvalue weighted by molar-refractivity contribution is -0.683. The van der Waals surface area contributed by atoms with Crippen molar-refractivity contribution in [3.05, 3.63) is 177 Å². The topological polar surface area (TPSA) is 50.9 Å². The van der Waals surface area contributed by atoms with Gasteiger partial charge in [0.15, 0.2) is 94.6 Å². The number of benzene rings is 5. The zero-order valence-corrected chi connectivity index (χ0v) is 30.3. The summed E-state index contributed by atoms with van der Waals surface area (Å²) in [5.74, 6) is -72.2. The van der Waals surface area contributed by atoms with E-state index in [0.717, 1.165) is 0 Å². The van der Waals surface area contributed by atoms with Gasteiger partial charge in [-0.05, 0) is 0 Å². The number of ketones is 2. The third-order valence-corrected chi connectivity index (χ3v) is 9.30. The number of aromatic nitrogens is 2. The van der Waals surface area contributed by atoms with Crippen molar-refractivity contribution in [2.75, 3.05) is 6.67 Å². The van der Waals surface area contributed by atoms with Crippen LogP contribution in [-0.4, -0.2) is 29.4 Å². The maximum absolute atomic E-state index is 15.4. The zero-order valence-electron chi connectivity index (χ0n) is 30.3. The highest BCUT2D eigenvalue weighted by atomic mass is 19.2. The molecule has 6 aromatic rings. The number of nitrogens with zero attached hydrogens (tertiary/aromatic N) is 2. The van der Waals surface area contributed by atoms with Gasteiger partial charge >= 0.3 is 0 Å². The summed E-state index contributed by atoms with van der Waals surface area (Å²) in [6.07, 6.45) is -2.90. The molecule has 5 aromatic carbocycles. The van der Waals surface area contributed by atoms with Gasteiger partial charge in [0.05, 0.1) is 6.20 Å². The van der Waals surface area contributed by atoms with Crippen LogP contribution in [0.2, 0.25) is 0 Å². The summed E-state index contributed by atoms with van der Waals surface area (Å²) < 4.78 is 308. The Morgan fingerprint density at radius 1 is 0.422 bits per heavy atom. The molecule has 0 atom stereocenters. The average Bonchev–Trinajstić information content (AvgIpc) is 3.29. The van der Waals surface area contributed by atoms with Gasteiger partial charge in [-0.1, -0.05) is 30.3 Å². The molecule has 64 heavy (non-hydrogen) atoms. The molecule has 1 aromatic heterocycles. The van der Waals surface area contributed by atoms with Gasteiger partial charge in [0, 0.05) is 5.56 Å². The van der Waals surface area contributed by atoms with E-state index in [2.05, 4.69) is 4.98 Å². The Morgan fingerprint density at radius 2 is 0.703 bits per heavy atom. The fraction of sp³-hybridized carbons (Fsp3) is 0.0526. The summed E-state index contributed by atoms with van der Waals surface area (Å²) in [7, 11) is 0. The molecule has 0 amide bonds. The predicted molar refractivity (Wildman–Crippen MR) is 175 cm³/mol. The fourth-order valence-corrected chi connectivity index (χ4v) is 6.50. The van der Waals surface area contributed by atoms with Crippen LogP contribution in [0.3, 0.4) is 0 Å². The van der Waals surface area contributed by atoms with Crippen molar-refractivity contribution in [3.8, 4) is 0 Å². The molecule has 0 aliphatic rings. The number of alkyl halides is 1. The van der Waals surface area contributed by atoms with Crippen molar-refractivity contribution in [1.82, 2.24) is 4.98 Å². The lowest BCUT2D eigenvalue weighted by atomic mass is 9.12. The molecule has 0 N–H and O–H groups in total. The number of Topliss-reactive ketones (excluding diaryl/α,β-unsaturated/α-hetero) is 2. The van der Waals surface area contributed by atoms with Crippen LogP contribution in [0.5, 0.6) is 0 Å². The van der Waals surface area contributed by atoms with Gasteiger partial charge in [-0.25, -0.2) is 97.2 Å². The number of carbonyl (C=O) groups is 2. The van der Waals surface area contributed by atoms with Crippen LogP contribution in [0.15, 0.2) is 48.9 Å². The van der Waals surface area contributed by atoms with Crippen LogP contribution in [-0.2, 0) is 6.54 Å². The van der Waals surface area contributed by atoms with E-state index in [1.165, 1.54) is 17.0 Å². The van der Waals surface area contributed by atoms with Gasteiger partial charge in [0.25, 0.3) is 0 Å². The van der Waals surface area contributed by atoms with Crippen LogP contribution >= 0.6 is 0 Å². The first kappa shape index (κ1) is 48.2. The van der Waals surface area contributed by atoms with Gasteiger partial charge < -0.3 is 0 Å². The highest BCUT2D eigenvalue weighted by Crippen LogP contribution is 2.30. The van der Waals surface area contributed by atoms with Crippen molar-refractivity contribution < 1.29 is 106 Å². The zero-order chi connectivity index (χ0) is 48.0. The molecule has 0 unspecified atom stereocenters. The monoisotopic (exact) mass is 938 g/mol. The molecule has 26 heteroatoms. The van der Waals surface area contributed by atoms with E-state index in [1.807, 2.05) is 6.07 Å². The van der Waals surface area contributed by atoms with E-state index in [-0.39, 0.29) is 18.0 Å². The summed E-state index contributed by atoms with van der Waals surface area (Å²) in [5, 5.41) is 0. The van der Waals surface area contributed by atoms with Crippen LogP contribution in [0, 0.1) is 116 Å². The van der Waals surface area contributed by atoms with Crippen LogP contribution in [0.4, 0.5) is 92.2 Å². The molecule has 0 fully saturated rings. The van der Waals surface area contributed by atoms with Gasteiger partial charge in [0.1, 0.15) is 52.7 Å². The Kier molecular flexibility index (Phi) is 13.6. The second-order valence-electron chi connectivity index (χ2n) is 12.8. The summed E-state index contributed by atoms with van der Waals surface area (Å²) in [4.78, 5) is 26.9. The number of hydrogen-bond acceptors (Lipinski definition) is 3. The Morgan fingerprint density at radius 3 is 0.984 bits per heavy atom. The Bertz CT molecular complexity index is 2520. The largest absolute Gasteiger partial charge is 0.289 e. The maximum atomic E-state index is 15.4. The standard InChI is InChI=1S/C24BF20.C14H12FN2O2/c26-5-1(6(27)14(35)21(42)13(5)34)25(2-7(28)15(36)22(43)16(37)8(2)29,3-9(30)17(38)23(44)18(39)10(3)31)4-11(32)19(40)24(45)20(41)12(4)33;15-8-13(18)12-9-17(7-6-16-12)10-14(19)11-4-2-1-3-5-11/h;1-7,9H,8,10H2/q-1;+1. The molecule has 1 heterocycles. The molecule has 4 nitrogen and oxygen atoms in total. The van der Waals surface area contributed by atoms with Gasteiger partial charge in [-0.15, -0.1) is 21.9 Å². The number of carbonyl (C=O) groups excluding carboxylic acids is 2. The van der Waals surface area contributed by atoms with E-state index in [1.54, 1.807) is 30.5 Å². The fourth-order valence-electron chi connectivity index (χ4n) is 6.50. The van der Waals surface area contributed by atoms with E-state index in [0.29, 0.717) is 5.56 Å². The third kappa shape index (κ3) is 7.66. The van der Waals surface area contributed by atoms with E-state index >= 15 is 35.1 Å². The Hall–Kier alpha value is -6.89. The smallest absolute Gasteiger partial charge is 0.227 e. The van der Waals surface area contributed by atoms with Gasteiger partial charge in [-0.3, -0.25) is 9.59 Å². The number of hydrogen-bond donors (Lipinski definition) is 0. The minimum Gasteiger partial charge on any atom is -0.289 e. The first-order valence-corrected chi connectivity index (χ1v) is 16.7. The molecular formula is C38H12BF21N2O2. The maximum Gasteiger partial charge on any atom is 0.227 e. The quantitative estimate of drug-likeness (QED) is 0.0384. The SMILES string of the molecule is Fc1c(F)c(F)c([B-](c2c(F)c(F)c(F)c(F)c2F)(c2c(F)c(F)c(F)c(F)c2F)c2c(F)c(F)c(F)c(F)c2F)c(F)c1F.O=C(C[n+]1ccnc(C(=O)CF)c1)c1ccccc1. The first-order valence-electron chi connectivity index (χ1n) is 16.7. The molecule has 0 radical (unpaired) electrons. The summed E-state index contributed by atoms with van der Waals surface area (Å²) in [6.45, 7) is -1.01. The first-order chi connectivity index (χ1) is 29.9. The second kappa shape index (κ2) is 18.1. The molecule has 0 saturated heterocycles. The highest BCUT2D eigenvalue weighted by molar-refractivity contribution is 7.20. The number of rotatable bonds is 9. The van der Waals surface area contributed by atoms with Gasteiger partial charge in [0.2, 0.25) is 18.1 Å². The summed E-state index contributed by atoms with van der Waals surface area (Å²) in [5.41, 5.74) is -13.7. The Balaban J connectivity index is 0.000000337. The van der Waals surface area contributed by atoms with Crippen molar-refractivity contribution in [3.63, 3.8) is 0 Å². The molecular weight excluding hydrogens is 926 g/mol. The van der Waals surface area contributed by atoms with E-state index in [4.69, 9.17) is 0 Å². The predicted octanol–water partition coefficient (Wildman–Crippen LogP) is 7.25. The van der Waals surface area contributed by atoms with Crippen molar-refractivity contribution in [1.29, 1.82) is 0 Å². The van der Waals surface area contributed by atoms with Crippen LogP contribution in [0.25, 0.3) is 0 Å². The van der Waals surface area contributed by atoms with Crippen molar-refractivity contribution in [2.45, 2.75) is 6.54 Å². The molecule has 0 aliphatic carbocycles. The van der Waals surface area contributed by atoms with Gasteiger partial charge in [-0.2, -0.15) is 4.57 Å². The molecule has 0 aliphatic heterocycles. The molecule has 0 spiro atoms. The molecule has 0 saturated carbocycles. The van der Waals surface area contributed by atoms with Crippen LogP contribution in [0.1, 0.15) is 20.8 Å². The lowest BCUT2D eigenvalue weighted by Crippen LogP contribution is -2.81. The Labute approximate surface area is 340 Å². The second-order valence-corrected chi connectivity index (χ2v) is 12.8. The average molecular weight is 938 g/mol. The van der Waals surface area contributed by atoms with Crippen molar-refractivity contribution in [2.24, 2.45) is 0 Å². The van der Waals surface area contributed by atoms with Crippen LogP contribution < -0.4 is 26.4 Å². The lowest BCUT2D eigenvalue weighted by Gasteiger charge is -2.44. The summed E-state index contributed by atoms with van der Waals surface area (Å²) >= 11 is 0. The van der Waals surface area contributed by atoms with E-state index < -0.39 is 157 Å². The number of halogens is 21. The molecule has 6 rings (SSSR count). The van der Waals surface area contributed by atoms with E-state index in [9.17, 15) is 66.7 Å². The summed E-state index contributed by atoms with van der Waals surface area (Å²) in [6, 6.07) is 8.83. The normalized spacial score (nSPS) is 11.5.